The van der Waals surface area contributed by atoms with Gasteiger partial charge < -0.3 is 9.47 Å². The van der Waals surface area contributed by atoms with Gasteiger partial charge in [0.1, 0.15) is 5.82 Å². The number of hydrogen-bond donors (Lipinski definition) is 0. The molecule has 0 saturated heterocycles. The number of halogens is 1. The molecular formula is C13H15FO4. The van der Waals surface area contributed by atoms with Crippen molar-refractivity contribution < 1.29 is 23.5 Å². The molecule has 18 heavy (non-hydrogen) atoms. The van der Waals surface area contributed by atoms with Crippen LogP contribution in [0, 0.1) is 11.7 Å². The van der Waals surface area contributed by atoms with Crippen molar-refractivity contribution in [2.24, 2.45) is 5.92 Å². The number of carbonyl (C=O) groups excluding carboxylic acids is 2. The molecule has 0 N–H and O–H groups in total. The van der Waals surface area contributed by atoms with Crippen LogP contribution in [0.4, 0.5) is 4.39 Å². The molecule has 0 aromatic heterocycles. The van der Waals surface area contributed by atoms with Crippen molar-refractivity contribution in [3.05, 3.63) is 35.6 Å². The molecule has 0 aliphatic heterocycles. The molecule has 0 saturated carbocycles. The Morgan fingerprint density at radius 1 is 1.17 bits per heavy atom. The fourth-order valence-corrected chi connectivity index (χ4v) is 1.56. The number of carbonyl (C=O) groups is 2. The largest absolute Gasteiger partial charge is 0.349 e. The van der Waals surface area contributed by atoms with E-state index in [2.05, 4.69) is 0 Å². The molecule has 0 aliphatic rings. The van der Waals surface area contributed by atoms with E-state index in [1.165, 1.54) is 45.4 Å². The molecule has 0 radical (unpaired) electrons. The van der Waals surface area contributed by atoms with Gasteiger partial charge in [0, 0.05) is 14.2 Å². The molecule has 1 aromatic carbocycles. The average Bonchev–Trinajstić information content (AvgIpc) is 2.39. The maximum absolute atomic E-state index is 13.4. The monoisotopic (exact) mass is 254 g/mol. The maximum Gasteiger partial charge on any atom is 0.218 e. The van der Waals surface area contributed by atoms with Gasteiger partial charge in [-0.2, -0.15) is 0 Å². The standard InChI is InChI=1S/C13H15FO4/c1-8(12(16)13(17-2)18-3)11(15)9-6-4-5-7-10(9)14/h4-8,13H,1-3H3. The van der Waals surface area contributed by atoms with Crippen LogP contribution in [-0.4, -0.2) is 32.1 Å². The summed E-state index contributed by atoms with van der Waals surface area (Å²) in [6.07, 6.45) is -1.12. The summed E-state index contributed by atoms with van der Waals surface area (Å²) in [5.74, 6) is -2.79. The highest BCUT2D eigenvalue weighted by atomic mass is 19.1. The van der Waals surface area contributed by atoms with Crippen LogP contribution in [0.15, 0.2) is 24.3 Å². The summed E-state index contributed by atoms with van der Waals surface area (Å²) in [6, 6.07) is 5.54. The fourth-order valence-electron chi connectivity index (χ4n) is 1.56. The van der Waals surface area contributed by atoms with Crippen LogP contribution in [0.25, 0.3) is 0 Å². The molecule has 98 valence electrons. The minimum Gasteiger partial charge on any atom is -0.349 e. The lowest BCUT2D eigenvalue weighted by atomic mass is 9.95. The van der Waals surface area contributed by atoms with Gasteiger partial charge in [-0.3, -0.25) is 9.59 Å². The topological polar surface area (TPSA) is 52.6 Å². The van der Waals surface area contributed by atoms with E-state index in [1.807, 2.05) is 0 Å². The molecule has 0 bridgehead atoms. The summed E-state index contributed by atoms with van der Waals surface area (Å²) in [5, 5.41) is 0. The van der Waals surface area contributed by atoms with Crippen LogP contribution in [0.2, 0.25) is 0 Å². The van der Waals surface area contributed by atoms with Crippen LogP contribution in [0.5, 0.6) is 0 Å². The van der Waals surface area contributed by atoms with Crippen LogP contribution in [-0.2, 0) is 14.3 Å². The molecule has 0 aliphatic carbocycles. The molecule has 1 aromatic rings. The predicted octanol–water partition coefficient (Wildman–Crippen LogP) is 1.83. The number of ether oxygens (including phenoxy) is 2. The Bertz CT molecular complexity index is 440. The average molecular weight is 254 g/mol. The number of rotatable bonds is 6. The number of Topliss-reactive ketones (excluding diaryl/α,β-unsaturated/α-hetero) is 2. The van der Waals surface area contributed by atoms with Crippen molar-refractivity contribution in [3.63, 3.8) is 0 Å². The first-order valence-electron chi connectivity index (χ1n) is 5.41. The van der Waals surface area contributed by atoms with E-state index in [9.17, 15) is 14.0 Å². The van der Waals surface area contributed by atoms with E-state index >= 15 is 0 Å². The van der Waals surface area contributed by atoms with E-state index in [-0.39, 0.29) is 5.56 Å². The van der Waals surface area contributed by atoms with E-state index in [0.29, 0.717) is 0 Å². The minimum absolute atomic E-state index is 0.107. The second-order valence-corrected chi connectivity index (χ2v) is 3.77. The van der Waals surface area contributed by atoms with Crippen molar-refractivity contribution >= 4 is 11.6 Å². The zero-order chi connectivity index (χ0) is 13.7. The second-order valence-electron chi connectivity index (χ2n) is 3.77. The number of benzene rings is 1. The lowest BCUT2D eigenvalue weighted by molar-refractivity contribution is -0.158. The third-order valence-electron chi connectivity index (χ3n) is 2.62. The molecular weight excluding hydrogens is 239 g/mol. The lowest BCUT2D eigenvalue weighted by Gasteiger charge is -2.16. The van der Waals surface area contributed by atoms with Crippen LogP contribution >= 0.6 is 0 Å². The molecule has 5 heteroatoms. The zero-order valence-corrected chi connectivity index (χ0v) is 10.5. The van der Waals surface area contributed by atoms with E-state index < -0.39 is 29.6 Å². The van der Waals surface area contributed by atoms with Crippen molar-refractivity contribution in [1.29, 1.82) is 0 Å². The fraction of sp³-hybridized carbons (Fsp3) is 0.385. The van der Waals surface area contributed by atoms with Gasteiger partial charge in [-0.05, 0) is 19.1 Å². The van der Waals surface area contributed by atoms with Gasteiger partial charge in [0.25, 0.3) is 0 Å². The quantitative estimate of drug-likeness (QED) is 0.441. The first kappa shape index (κ1) is 14.5. The predicted molar refractivity (Wildman–Crippen MR) is 62.7 cm³/mol. The van der Waals surface area contributed by atoms with Crippen LogP contribution in [0.3, 0.4) is 0 Å². The Labute approximate surface area is 105 Å². The van der Waals surface area contributed by atoms with Crippen LogP contribution in [0.1, 0.15) is 17.3 Å². The van der Waals surface area contributed by atoms with E-state index in [1.54, 1.807) is 0 Å². The Balaban J connectivity index is 2.91. The van der Waals surface area contributed by atoms with Gasteiger partial charge in [0.2, 0.25) is 6.29 Å². The summed E-state index contributed by atoms with van der Waals surface area (Å²) in [6.45, 7) is 1.40. The summed E-state index contributed by atoms with van der Waals surface area (Å²) in [7, 11) is 2.60. The van der Waals surface area contributed by atoms with E-state index in [4.69, 9.17) is 9.47 Å². The maximum atomic E-state index is 13.4. The second kappa shape index (κ2) is 6.37. The normalized spacial score (nSPS) is 12.5. The van der Waals surface area contributed by atoms with Gasteiger partial charge in [-0.25, -0.2) is 4.39 Å². The Kier molecular flexibility index (Phi) is 5.12. The lowest BCUT2D eigenvalue weighted by Crippen LogP contribution is -2.34. The zero-order valence-electron chi connectivity index (χ0n) is 10.5. The number of ketones is 2. The molecule has 1 atom stereocenters. The van der Waals surface area contributed by atoms with Crippen molar-refractivity contribution in [2.45, 2.75) is 13.2 Å². The summed E-state index contributed by atoms with van der Waals surface area (Å²) < 4.78 is 23.0. The molecule has 0 heterocycles. The first-order valence-corrected chi connectivity index (χ1v) is 5.41. The Hall–Kier alpha value is -1.59. The summed E-state index contributed by atoms with van der Waals surface area (Å²) >= 11 is 0. The van der Waals surface area contributed by atoms with Gasteiger partial charge >= 0.3 is 0 Å². The third kappa shape index (κ3) is 3.00. The van der Waals surface area contributed by atoms with Gasteiger partial charge in [-0.1, -0.05) is 12.1 Å². The first-order chi connectivity index (χ1) is 8.52. The number of hydrogen-bond acceptors (Lipinski definition) is 4. The van der Waals surface area contributed by atoms with Gasteiger partial charge in [0.15, 0.2) is 11.6 Å². The number of methoxy groups -OCH3 is 2. The highest BCUT2D eigenvalue weighted by molar-refractivity contribution is 6.11. The summed E-state index contributed by atoms with van der Waals surface area (Å²) in [4.78, 5) is 23.8. The smallest absolute Gasteiger partial charge is 0.218 e. The van der Waals surface area contributed by atoms with Gasteiger partial charge in [-0.15, -0.1) is 0 Å². The van der Waals surface area contributed by atoms with Gasteiger partial charge in [0.05, 0.1) is 11.5 Å². The third-order valence-corrected chi connectivity index (χ3v) is 2.62. The van der Waals surface area contributed by atoms with E-state index in [0.717, 1.165) is 0 Å². The highest BCUT2D eigenvalue weighted by Gasteiger charge is 2.30. The minimum atomic E-state index is -1.12. The molecule has 0 fully saturated rings. The van der Waals surface area contributed by atoms with Crippen LogP contribution < -0.4 is 0 Å². The van der Waals surface area contributed by atoms with Crippen molar-refractivity contribution in [2.75, 3.05) is 14.2 Å². The van der Waals surface area contributed by atoms with Crippen molar-refractivity contribution in [3.8, 4) is 0 Å². The Morgan fingerprint density at radius 3 is 2.22 bits per heavy atom. The molecule has 1 rings (SSSR count). The SMILES string of the molecule is COC(OC)C(=O)C(C)C(=O)c1ccccc1F. The molecule has 0 amide bonds. The van der Waals surface area contributed by atoms with Crippen molar-refractivity contribution in [1.82, 2.24) is 0 Å². The molecule has 1 unspecified atom stereocenters. The molecule has 0 spiro atoms. The molecule has 4 nitrogen and oxygen atoms in total. The summed E-state index contributed by atoms with van der Waals surface area (Å²) in [5.41, 5.74) is -0.107. The highest BCUT2D eigenvalue weighted by Crippen LogP contribution is 2.15. The Morgan fingerprint density at radius 2 is 1.72 bits per heavy atom.